The summed E-state index contributed by atoms with van der Waals surface area (Å²) in [7, 11) is 3.22. The lowest BCUT2D eigenvalue weighted by molar-refractivity contribution is 0.0687. The van der Waals surface area contributed by atoms with Gasteiger partial charge in [-0.05, 0) is 6.07 Å². The Kier molecular flexibility index (Phi) is 2.07. The number of fused-ring (bicyclic) bond motifs is 1. The molecule has 2 rings (SSSR count). The van der Waals surface area contributed by atoms with Crippen molar-refractivity contribution >= 4 is 16.9 Å². The van der Waals surface area contributed by atoms with E-state index in [1.165, 1.54) is 7.11 Å². The standard InChI is InChI=1S/C10H10N2O3/c1-12-7-4-9(15-2)11-5-6(7)3-8(12)10(13)14/h3-5H,1-2H3,(H,13,14). The Bertz CT molecular complexity index is 531. The number of nitrogens with zero attached hydrogens (tertiary/aromatic N) is 2. The van der Waals surface area contributed by atoms with Gasteiger partial charge in [0.25, 0.3) is 0 Å². The summed E-state index contributed by atoms with van der Waals surface area (Å²) in [5.41, 5.74) is 1.03. The van der Waals surface area contributed by atoms with Crippen molar-refractivity contribution < 1.29 is 14.6 Å². The first-order chi connectivity index (χ1) is 7.13. The number of rotatable bonds is 2. The third kappa shape index (κ3) is 1.41. The van der Waals surface area contributed by atoms with Gasteiger partial charge >= 0.3 is 5.97 Å². The van der Waals surface area contributed by atoms with Crippen molar-refractivity contribution in [1.29, 1.82) is 0 Å². The van der Waals surface area contributed by atoms with E-state index < -0.39 is 5.97 Å². The first-order valence-corrected chi connectivity index (χ1v) is 4.36. The molecule has 0 aliphatic carbocycles. The minimum Gasteiger partial charge on any atom is -0.481 e. The highest BCUT2D eigenvalue weighted by Crippen LogP contribution is 2.21. The molecule has 15 heavy (non-hydrogen) atoms. The van der Waals surface area contributed by atoms with Crippen LogP contribution in [-0.2, 0) is 7.05 Å². The lowest BCUT2D eigenvalue weighted by Crippen LogP contribution is -2.03. The Labute approximate surface area is 85.9 Å². The quantitative estimate of drug-likeness (QED) is 0.803. The van der Waals surface area contributed by atoms with Crippen LogP contribution in [0.3, 0.4) is 0 Å². The second-order valence-electron chi connectivity index (χ2n) is 3.18. The maximum absolute atomic E-state index is 10.9. The fraction of sp³-hybridized carbons (Fsp3) is 0.200. The summed E-state index contributed by atoms with van der Waals surface area (Å²) in [5.74, 6) is -0.478. The summed E-state index contributed by atoms with van der Waals surface area (Å²) in [6.07, 6.45) is 1.60. The molecule has 0 aromatic carbocycles. The summed E-state index contributed by atoms with van der Waals surface area (Å²) < 4.78 is 6.57. The molecule has 2 aromatic rings. The number of carboxylic acid groups (broad SMARTS) is 1. The number of methoxy groups -OCH3 is 1. The Morgan fingerprint density at radius 3 is 2.87 bits per heavy atom. The van der Waals surface area contributed by atoms with Gasteiger partial charge in [-0.25, -0.2) is 9.78 Å². The molecule has 0 aliphatic rings. The average molecular weight is 206 g/mol. The van der Waals surface area contributed by atoms with Crippen LogP contribution in [0.2, 0.25) is 0 Å². The molecule has 0 aliphatic heterocycles. The lowest BCUT2D eigenvalue weighted by Gasteiger charge is -2.01. The van der Waals surface area contributed by atoms with Crippen LogP contribution in [0, 0.1) is 0 Å². The van der Waals surface area contributed by atoms with Gasteiger partial charge in [0, 0.05) is 24.7 Å². The summed E-state index contributed by atoms with van der Waals surface area (Å²) >= 11 is 0. The number of carboxylic acids is 1. The van der Waals surface area contributed by atoms with Crippen molar-refractivity contribution in [1.82, 2.24) is 9.55 Å². The third-order valence-corrected chi connectivity index (χ3v) is 2.33. The minimum atomic E-state index is -0.951. The zero-order chi connectivity index (χ0) is 11.0. The minimum absolute atomic E-state index is 0.236. The summed E-state index contributed by atoms with van der Waals surface area (Å²) in [5, 5.41) is 9.71. The Morgan fingerprint density at radius 2 is 2.27 bits per heavy atom. The molecule has 5 nitrogen and oxygen atoms in total. The van der Waals surface area contributed by atoms with Gasteiger partial charge in [-0.1, -0.05) is 0 Å². The van der Waals surface area contributed by atoms with Crippen molar-refractivity contribution in [3.05, 3.63) is 24.0 Å². The molecule has 1 N–H and O–H groups in total. The monoisotopic (exact) mass is 206 g/mol. The second kappa shape index (κ2) is 3.27. The highest BCUT2D eigenvalue weighted by molar-refractivity contribution is 5.94. The van der Waals surface area contributed by atoms with Crippen molar-refractivity contribution in [2.45, 2.75) is 0 Å². The molecule has 2 aromatic heterocycles. The van der Waals surface area contributed by atoms with Gasteiger partial charge < -0.3 is 14.4 Å². The van der Waals surface area contributed by atoms with Crippen LogP contribution < -0.4 is 4.74 Å². The first kappa shape index (κ1) is 9.51. The number of hydrogen-bond donors (Lipinski definition) is 1. The van der Waals surface area contributed by atoms with Gasteiger partial charge in [0.2, 0.25) is 5.88 Å². The maximum Gasteiger partial charge on any atom is 0.352 e. The summed E-state index contributed by atoms with van der Waals surface area (Å²) in [6, 6.07) is 3.30. The molecule has 0 unspecified atom stereocenters. The fourth-order valence-electron chi connectivity index (χ4n) is 1.53. The third-order valence-electron chi connectivity index (χ3n) is 2.33. The normalized spacial score (nSPS) is 10.5. The van der Waals surface area contributed by atoms with Gasteiger partial charge in [-0.3, -0.25) is 0 Å². The molecule has 0 bridgehead atoms. The molecule has 0 fully saturated rings. The highest BCUT2D eigenvalue weighted by Gasteiger charge is 2.12. The van der Waals surface area contributed by atoms with E-state index >= 15 is 0 Å². The number of aryl methyl sites for hydroxylation is 1. The maximum atomic E-state index is 10.9. The van der Waals surface area contributed by atoms with E-state index in [-0.39, 0.29) is 5.69 Å². The second-order valence-corrected chi connectivity index (χ2v) is 3.18. The van der Waals surface area contributed by atoms with Crippen LogP contribution >= 0.6 is 0 Å². The zero-order valence-corrected chi connectivity index (χ0v) is 8.39. The molecule has 0 radical (unpaired) electrons. The van der Waals surface area contributed by atoms with Crippen LogP contribution in [0.4, 0.5) is 0 Å². The van der Waals surface area contributed by atoms with Crippen LogP contribution in [-0.4, -0.2) is 27.7 Å². The van der Waals surface area contributed by atoms with Gasteiger partial charge in [-0.15, -0.1) is 0 Å². The number of carbonyl (C=O) groups is 1. The Hall–Kier alpha value is -2.04. The lowest BCUT2D eigenvalue weighted by atomic mass is 10.3. The summed E-state index contributed by atoms with van der Waals surface area (Å²) in [6.45, 7) is 0. The number of aromatic nitrogens is 2. The average Bonchev–Trinajstić information content (AvgIpc) is 2.56. The van der Waals surface area contributed by atoms with E-state index in [9.17, 15) is 4.79 Å². The van der Waals surface area contributed by atoms with Crippen LogP contribution in [0.5, 0.6) is 5.88 Å². The van der Waals surface area contributed by atoms with E-state index in [1.54, 1.807) is 29.9 Å². The molecule has 0 saturated carbocycles. The smallest absolute Gasteiger partial charge is 0.352 e. The number of ether oxygens (including phenoxy) is 1. The van der Waals surface area contributed by atoms with Crippen LogP contribution in [0.15, 0.2) is 18.3 Å². The topological polar surface area (TPSA) is 64.3 Å². The molecule has 5 heteroatoms. The number of aromatic carboxylic acids is 1. The van der Waals surface area contributed by atoms with Crippen molar-refractivity contribution in [2.24, 2.45) is 7.05 Å². The van der Waals surface area contributed by atoms with E-state index in [0.29, 0.717) is 5.88 Å². The Balaban J connectivity index is 2.72. The van der Waals surface area contributed by atoms with E-state index in [1.807, 2.05) is 0 Å². The van der Waals surface area contributed by atoms with Crippen LogP contribution in [0.25, 0.3) is 10.9 Å². The van der Waals surface area contributed by atoms with Gasteiger partial charge in [-0.2, -0.15) is 0 Å². The Morgan fingerprint density at radius 1 is 1.53 bits per heavy atom. The molecule has 78 valence electrons. The largest absolute Gasteiger partial charge is 0.481 e. The SMILES string of the molecule is COc1cc2c(cn1)cc(C(=O)O)n2C. The molecular weight excluding hydrogens is 196 g/mol. The molecule has 0 saturated heterocycles. The van der Waals surface area contributed by atoms with Gasteiger partial charge in [0.05, 0.1) is 12.6 Å². The van der Waals surface area contributed by atoms with E-state index in [2.05, 4.69) is 4.98 Å². The summed E-state index contributed by atoms with van der Waals surface area (Å²) in [4.78, 5) is 14.9. The first-order valence-electron chi connectivity index (χ1n) is 4.36. The molecule has 2 heterocycles. The molecule has 0 amide bonds. The van der Waals surface area contributed by atoms with E-state index in [4.69, 9.17) is 9.84 Å². The fourth-order valence-corrected chi connectivity index (χ4v) is 1.53. The van der Waals surface area contributed by atoms with Crippen molar-refractivity contribution in [2.75, 3.05) is 7.11 Å². The molecular formula is C10H10N2O3. The van der Waals surface area contributed by atoms with Crippen molar-refractivity contribution in [3.63, 3.8) is 0 Å². The highest BCUT2D eigenvalue weighted by atomic mass is 16.5. The molecule has 0 atom stereocenters. The number of pyridine rings is 1. The van der Waals surface area contributed by atoms with E-state index in [0.717, 1.165) is 10.9 Å². The zero-order valence-electron chi connectivity index (χ0n) is 8.39. The van der Waals surface area contributed by atoms with Crippen LogP contribution in [0.1, 0.15) is 10.5 Å². The number of hydrogen-bond acceptors (Lipinski definition) is 3. The van der Waals surface area contributed by atoms with Crippen molar-refractivity contribution in [3.8, 4) is 5.88 Å². The predicted octanol–water partition coefficient (Wildman–Crippen LogP) is 1.28. The molecule has 0 spiro atoms. The predicted molar refractivity (Wildman–Crippen MR) is 54.2 cm³/mol. The van der Waals surface area contributed by atoms with Gasteiger partial charge in [0.1, 0.15) is 5.69 Å². The van der Waals surface area contributed by atoms with Gasteiger partial charge in [0.15, 0.2) is 0 Å².